The van der Waals surface area contributed by atoms with E-state index in [4.69, 9.17) is 4.74 Å². The molecule has 0 fully saturated rings. The maximum Gasteiger partial charge on any atom is 0.153 e. The van der Waals surface area contributed by atoms with Gasteiger partial charge in [0.25, 0.3) is 0 Å². The predicted molar refractivity (Wildman–Crippen MR) is 84.1 cm³/mol. The van der Waals surface area contributed by atoms with Crippen LogP contribution in [0.3, 0.4) is 0 Å². The number of ether oxygens (including phenoxy) is 1. The third-order valence-electron chi connectivity index (χ3n) is 3.34. The standard InChI is InChI=1S/C17H13N3O2/c1-22-15-9-5-2-6-11(15)16(21)12(10-18)17-19-13-7-3-4-8-14(13)20-17/h2-9,21H,1H3,(H,19,20). The third-order valence-corrected chi connectivity index (χ3v) is 3.34. The number of H-pyrrole nitrogens is 1. The molecule has 2 N–H and O–H groups in total. The highest BCUT2D eigenvalue weighted by Gasteiger charge is 2.17. The van der Waals surface area contributed by atoms with Crippen LogP contribution in [0.4, 0.5) is 0 Å². The van der Waals surface area contributed by atoms with Crippen molar-refractivity contribution in [2.24, 2.45) is 0 Å². The Balaban J connectivity index is 2.18. The number of hydrogen-bond acceptors (Lipinski definition) is 4. The Morgan fingerprint density at radius 1 is 1.18 bits per heavy atom. The maximum atomic E-state index is 10.5. The molecule has 0 bridgehead atoms. The van der Waals surface area contributed by atoms with Crippen molar-refractivity contribution in [3.63, 3.8) is 0 Å². The van der Waals surface area contributed by atoms with Gasteiger partial charge >= 0.3 is 0 Å². The number of nitrogens with one attached hydrogen (secondary N) is 1. The van der Waals surface area contributed by atoms with Crippen molar-refractivity contribution in [1.82, 2.24) is 9.97 Å². The molecule has 0 unspecified atom stereocenters. The van der Waals surface area contributed by atoms with E-state index in [2.05, 4.69) is 9.97 Å². The smallest absolute Gasteiger partial charge is 0.153 e. The van der Waals surface area contributed by atoms with Crippen molar-refractivity contribution in [2.45, 2.75) is 0 Å². The molecular weight excluding hydrogens is 278 g/mol. The Labute approximate surface area is 127 Å². The molecule has 0 amide bonds. The van der Waals surface area contributed by atoms with Crippen molar-refractivity contribution < 1.29 is 9.84 Å². The number of imidazole rings is 1. The molecule has 0 radical (unpaired) electrons. The zero-order valence-electron chi connectivity index (χ0n) is 11.9. The number of fused-ring (bicyclic) bond motifs is 1. The molecule has 108 valence electrons. The summed E-state index contributed by atoms with van der Waals surface area (Å²) in [5.74, 6) is 0.648. The van der Waals surface area contributed by atoms with Crippen molar-refractivity contribution in [2.75, 3.05) is 7.11 Å². The molecule has 5 nitrogen and oxygen atoms in total. The molecule has 5 heteroatoms. The molecule has 22 heavy (non-hydrogen) atoms. The van der Waals surface area contributed by atoms with Crippen LogP contribution >= 0.6 is 0 Å². The highest BCUT2D eigenvalue weighted by atomic mass is 16.5. The molecule has 0 saturated carbocycles. The molecule has 0 aliphatic heterocycles. The number of allylic oxidation sites excluding steroid dienone is 1. The summed E-state index contributed by atoms with van der Waals surface area (Å²) in [6, 6.07) is 16.4. The first-order valence-electron chi connectivity index (χ1n) is 6.66. The zero-order valence-corrected chi connectivity index (χ0v) is 11.9. The van der Waals surface area contributed by atoms with Gasteiger partial charge in [-0.3, -0.25) is 0 Å². The average molecular weight is 291 g/mol. The van der Waals surface area contributed by atoms with E-state index in [9.17, 15) is 10.4 Å². The zero-order chi connectivity index (χ0) is 15.5. The molecule has 2 aromatic carbocycles. The minimum Gasteiger partial charge on any atom is -0.506 e. The fraction of sp³-hybridized carbons (Fsp3) is 0.0588. The molecule has 3 aromatic rings. The Bertz CT molecular complexity index is 870. The monoisotopic (exact) mass is 291 g/mol. The number of rotatable bonds is 3. The normalized spacial score (nSPS) is 11.8. The quantitative estimate of drug-likeness (QED) is 0.571. The van der Waals surface area contributed by atoms with E-state index in [-0.39, 0.29) is 11.3 Å². The first-order chi connectivity index (χ1) is 10.7. The second kappa shape index (κ2) is 5.62. The molecule has 0 atom stereocenters. The number of aliphatic hydroxyl groups excluding tert-OH is 1. The summed E-state index contributed by atoms with van der Waals surface area (Å²) < 4.78 is 5.22. The van der Waals surface area contributed by atoms with Crippen molar-refractivity contribution in [3.05, 3.63) is 59.9 Å². The van der Waals surface area contributed by atoms with E-state index in [0.29, 0.717) is 17.1 Å². The number of aromatic amines is 1. The van der Waals surface area contributed by atoms with Gasteiger partial charge in [0.15, 0.2) is 5.82 Å². The number of nitrogens with zero attached hydrogens (tertiary/aromatic N) is 2. The van der Waals surface area contributed by atoms with Crippen LogP contribution in [0.15, 0.2) is 48.5 Å². The molecule has 3 rings (SSSR count). The predicted octanol–water partition coefficient (Wildman–Crippen LogP) is 3.52. The highest BCUT2D eigenvalue weighted by molar-refractivity contribution is 5.95. The first-order valence-corrected chi connectivity index (χ1v) is 6.66. The summed E-state index contributed by atoms with van der Waals surface area (Å²) in [4.78, 5) is 7.39. The Morgan fingerprint density at radius 2 is 1.91 bits per heavy atom. The Kier molecular flexibility index (Phi) is 3.50. The van der Waals surface area contributed by atoms with Gasteiger partial charge in [-0.2, -0.15) is 5.26 Å². The molecule has 0 saturated heterocycles. The minimum absolute atomic E-state index is 0.0701. The molecule has 0 spiro atoms. The number of aromatic nitrogens is 2. The van der Waals surface area contributed by atoms with Crippen LogP contribution in [0.5, 0.6) is 5.75 Å². The SMILES string of the molecule is COc1ccccc1C(O)=C(C#N)c1nc2ccccc2[nH]1. The van der Waals surface area contributed by atoms with E-state index in [1.165, 1.54) is 7.11 Å². The van der Waals surface area contributed by atoms with Gasteiger partial charge in [0, 0.05) is 0 Å². The van der Waals surface area contributed by atoms with Crippen LogP contribution in [0, 0.1) is 11.3 Å². The van der Waals surface area contributed by atoms with E-state index in [1.807, 2.05) is 30.3 Å². The lowest BCUT2D eigenvalue weighted by Crippen LogP contribution is -1.95. The molecule has 1 aromatic heterocycles. The Morgan fingerprint density at radius 3 is 2.64 bits per heavy atom. The van der Waals surface area contributed by atoms with Gasteiger partial charge in [-0.15, -0.1) is 0 Å². The van der Waals surface area contributed by atoms with Gasteiger partial charge < -0.3 is 14.8 Å². The van der Waals surface area contributed by atoms with Gasteiger partial charge in [-0.1, -0.05) is 24.3 Å². The van der Waals surface area contributed by atoms with Crippen LogP contribution in [-0.2, 0) is 0 Å². The average Bonchev–Trinajstić information content (AvgIpc) is 2.98. The van der Waals surface area contributed by atoms with Crippen LogP contribution in [0.25, 0.3) is 22.4 Å². The lowest BCUT2D eigenvalue weighted by atomic mass is 10.1. The summed E-state index contributed by atoms with van der Waals surface area (Å²) in [7, 11) is 1.51. The van der Waals surface area contributed by atoms with Gasteiger partial charge in [-0.05, 0) is 24.3 Å². The number of nitriles is 1. The largest absolute Gasteiger partial charge is 0.506 e. The van der Waals surface area contributed by atoms with E-state index in [0.717, 1.165) is 11.0 Å². The number of aliphatic hydroxyl groups is 1. The van der Waals surface area contributed by atoms with Crippen molar-refractivity contribution in [3.8, 4) is 11.8 Å². The topological polar surface area (TPSA) is 81.9 Å². The van der Waals surface area contributed by atoms with Gasteiger partial charge in [-0.25, -0.2) is 4.98 Å². The maximum absolute atomic E-state index is 10.5. The summed E-state index contributed by atoms with van der Waals surface area (Å²) in [6.07, 6.45) is 0. The fourth-order valence-electron chi connectivity index (χ4n) is 2.26. The van der Waals surface area contributed by atoms with Crippen LogP contribution in [0.1, 0.15) is 11.4 Å². The molecule has 1 heterocycles. The van der Waals surface area contributed by atoms with Crippen molar-refractivity contribution >= 4 is 22.4 Å². The summed E-state index contributed by atoms with van der Waals surface area (Å²) in [6.45, 7) is 0. The molecular formula is C17H13N3O2. The van der Waals surface area contributed by atoms with E-state index in [1.54, 1.807) is 24.3 Å². The second-order valence-electron chi connectivity index (χ2n) is 4.64. The van der Waals surface area contributed by atoms with E-state index >= 15 is 0 Å². The number of methoxy groups -OCH3 is 1. The lowest BCUT2D eigenvalue weighted by molar-refractivity contribution is 0.408. The van der Waals surface area contributed by atoms with E-state index < -0.39 is 0 Å². The number of para-hydroxylation sites is 3. The summed E-state index contributed by atoms with van der Waals surface area (Å²) in [5, 5.41) is 19.9. The lowest BCUT2D eigenvalue weighted by Gasteiger charge is -2.08. The van der Waals surface area contributed by atoms with Crippen LogP contribution in [-0.4, -0.2) is 22.2 Å². The summed E-state index contributed by atoms with van der Waals surface area (Å²) in [5.41, 5.74) is 2.05. The second-order valence-corrected chi connectivity index (χ2v) is 4.64. The van der Waals surface area contributed by atoms with Gasteiger partial charge in [0.1, 0.15) is 23.2 Å². The minimum atomic E-state index is -0.168. The fourth-order valence-corrected chi connectivity index (χ4v) is 2.26. The highest BCUT2D eigenvalue weighted by Crippen LogP contribution is 2.29. The summed E-state index contributed by atoms with van der Waals surface area (Å²) >= 11 is 0. The van der Waals surface area contributed by atoms with Crippen LogP contribution in [0.2, 0.25) is 0 Å². The van der Waals surface area contributed by atoms with Crippen LogP contribution < -0.4 is 4.74 Å². The Hall–Kier alpha value is -3.26. The van der Waals surface area contributed by atoms with Crippen molar-refractivity contribution in [1.29, 1.82) is 5.26 Å². The number of benzene rings is 2. The number of hydrogen-bond donors (Lipinski definition) is 2. The molecule has 0 aliphatic carbocycles. The van der Waals surface area contributed by atoms with Gasteiger partial charge in [0.05, 0.1) is 23.7 Å². The third kappa shape index (κ3) is 2.27. The first kappa shape index (κ1) is 13.7. The molecule has 0 aliphatic rings. The van der Waals surface area contributed by atoms with Gasteiger partial charge in [0.2, 0.25) is 0 Å².